The molecule has 3 aliphatic heterocycles. The summed E-state index contributed by atoms with van der Waals surface area (Å²) in [6.45, 7) is 8.32. The lowest BCUT2D eigenvalue weighted by Crippen LogP contribution is -2.49. The Kier molecular flexibility index (Phi) is 5.70. The average molecular weight is 402 g/mol. The third kappa shape index (κ3) is 4.08. The molecule has 2 atom stereocenters. The summed E-state index contributed by atoms with van der Waals surface area (Å²) in [4.78, 5) is 29.0. The van der Waals surface area contributed by atoms with Crippen molar-refractivity contribution in [1.82, 2.24) is 15.1 Å². The summed E-state index contributed by atoms with van der Waals surface area (Å²) in [6.07, 6.45) is 3.99. The summed E-state index contributed by atoms with van der Waals surface area (Å²) in [5, 5.41) is 3.04. The van der Waals surface area contributed by atoms with Crippen LogP contribution >= 0.6 is 11.8 Å². The number of hydrogen-bond acceptors (Lipinski definition) is 4. The molecule has 0 spiro atoms. The summed E-state index contributed by atoms with van der Waals surface area (Å²) >= 11 is 1.74. The SMILES string of the molecule is CC1CCN(Cc2ccc(CNC(=O)[C@@H]3CS[C@]4(C)CCC(=O)N34)cc2)CC1. The number of fused-ring (bicyclic) bond motifs is 1. The minimum Gasteiger partial charge on any atom is -0.350 e. The zero-order chi connectivity index (χ0) is 19.7. The number of carbonyl (C=O) groups excluding carboxylic acids is 2. The van der Waals surface area contributed by atoms with Crippen LogP contribution in [0.2, 0.25) is 0 Å². The topological polar surface area (TPSA) is 52.7 Å². The maximum atomic E-state index is 12.7. The fourth-order valence-electron chi connectivity index (χ4n) is 4.56. The first-order chi connectivity index (χ1) is 13.4. The van der Waals surface area contributed by atoms with Gasteiger partial charge in [-0.15, -0.1) is 11.8 Å². The summed E-state index contributed by atoms with van der Waals surface area (Å²) in [5.41, 5.74) is 2.43. The van der Waals surface area contributed by atoms with Crippen molar-refractivity contribution in [3.63, 3.8) is 0 Å². The number of rotatable bonds is 5. The van der Waals surface area contributed by atoms with E-state index in [1.54, 1.807) is 11.8 Å². The molecule has 0 bridgehead atoms. The number of likely N-dealkylation sites (tertiary alicyclic amines) is 1. The van der Waals surface area contributed by atoms with E-state index in [0.717, 1.165) is 24.4 Å². The molecule has 2 amide bonds. The first-order valence-corrected chi connectivity index (χ1v) is 11.5. The minimum absolute atomic E-state index is 0.0296. The second-order valence-corrected chi connectivity index (χ2v) is 10.3. The molecule has 1 aromatic carbocycles. The van der Waals surface area contributed by atoms with Crippen molar-refractivity contribution in [2.45, 2.75) is 63.5 Å². The van der Waals surface area contributed by atoms with Gasteiger partial charge in [0.05, 0.1) is 4.87 Å². The third-order valence-electron chi connectivity index (χ3n) is 6.52. The van der Waals surface area contributed by atoms with Gasteiger partial charge in [-0.25, -0.2) is 0 Å². The molecule has 1 N–H and O–H groups in total. The predicted molar refractivity (Wildman–Crippen MR) is 113 cm³/mol. The van der Waals surface area contributed by atoms with Gasteiger partial charge in [-0.1, -0.05) is 31.2 Å². The Hall–Kier alpha value is -1.53. The molecule has 0 saturated carbocycles. The van der Waals surface area contributed by atoms with Crippen LogP contribution in [-0.4, -0.2) is 51.4 Å². The molecular weight excluding hydrogens is 370 g/mol. The second kappa shape index (κ2) is 8.07. The van der Waals surface area contributed by atoms with Crippen LogP contribution in [0.3, 0.4) is 0 Å². The highest BCUT2D eigenvalue weighted by atomic mass is 32.2. The molecule has 3 saturated heterocycles. The summed E-state index contributed by atoms with van der Waals surface area (Å²) < 4.78 is 0. The molecule has 3 aliphatic rings. The first kappa shape index (κ1) is 19.8. The van der Waals surface area contributed by atoms with Crippen LogP contribution in [0.1, 0.15) is 50.7 Å². The van der Waals surface area contributed by atoms with Crippen molar-refractivity contribution in [2.24, 2.45) is 5.92 Å². The number of piperidine rings is 1. The highest BCUT2D eigenvalue weighted by Gasteiger charge is 2.52. The molecule has 6 heteroatoms. The number of carbonyl (C=O) groups is 2. The van der Waals surface area contributed by atoms with E-state index in [-0.39, 0.29) is 22.7 Å². The zero-order valence-corrected chi connectivity index (χ0v) is 17.8. The highest BCUT2D eigenvalue weighted by Crippen LogP contribution is 2.47. The smallest absolute Gasteiger partial charge is 0.243 e. The van der Waals surface area contributed by atoms with E-state index in [1.165, 1.54) is 31.5 Å². The van der Waals surface area contributed by atoms with Gasteiger partial charge in [0.15, 0.2) is 0 Å². The molecule has 4 rings (SSSR count). The van der Waals surface area contributed by atoms with Crippen LogP contribution in [0.15, 0.2) is 24.3 Å². The van der Waals surface area contributed by atoms with E-state index in [9.17, 15) is 9.59 Å². The molecule has 5 nitrogen and oxygen atoms in total. The zero-order valence-electron chi connectivity index (χ0n) is 16.9. The number of nitrogens with one attached hydrogen (secondary N) is 1. The number of nitrogens with zero attached hydrogens (tertiary/aromatic N) is 2. The van der Waals surface area contributed by atoms with Gasteiger partial charge in [0.25, 0.3) is 0 Å². The average Bonchev–Trinajstić information content (AvgIpc) is 3.19. The molecule has 28 heavy (non-hydrogen) atoms. The molecule has 0 unspecified atom stereocenters. The molecule has 0 radical (unpaired) electrons. The number of benzene rings is 1. The van der Waals surface area contributed by atoms with Gasteiger partial charge < -0.3 is 10.2 Å². The molecule has 3 heterocycles. The minimum atomic E-state index is -0.328. The van der Waals surface area contributed by atoms with E-state index in [0.29, 0.717) is 18.7 Å². The third-order valence-corrected chi connectivity index (χ3v) is 8.02. The lowest BCUT2D eigenvalue weighted by atomic mass is 9.99. The van der Waals surface area contributed by atoms with Gasteiger partial charge in [0.1, 0.15) is 6.04 Å². The Morgan fingerprint density at radius 2 is 1.89 bits per heavy atom. The normalized spacial score (nSPS) is 28.6. The number of hydrogen-bond donors (Lipinski definition) is 1. The Morgan fingerprint density at radius 1 is 1.21 bits per heavy atom. The lowest BCUT2D eigenvalue weighted by molar-refractivity contribution is -0.138. The van der Waals surface area contributed by atoms with Crippen molar-refractivity contribution in [3.8, 4) is 0 Å². The fraction of sp³-hybridized carbons (Fsp3) is 0.636. The molecular formula is C22H31N3O2S. The summed E-state index contributed by atoms with van der Waals surface area (Å²) in [6, 6.07) is 8.23. The van der Waals surface area contributed by atoms with Crippen LogP contribution in [0.5, 0.6) is 0 Å². The van der Waals surface area contributed by atoms with Gasteiger partial charge in [-0.05, 0) is 56.3 Å². The van der Waals surface area contributed by atoms with Crippen molar-refractivity contribution < 1.29 is 9.59 Å². The van der Waals surface area contributed by atoms with E-state index in [2.05, 4.69) is 48.3 Å². The second-order valence-electron chi connectivity index (χ2n) is 8.76. The summed E-state index contributed by atoms with van der Waals surface area (Å²) in [5.74, 6) is 1.64. The molecule has 3 fully saturated rings. The van der Waals surface area contributed by atoms with Crippen molar-refractivity contribution in [1.29, 1.82) is 0 Å². The first-order valence-electron chi connectivity index (χ1n) is 10.5. The van der Waals surface area contributed by atoms with Gasteiger partial charge in [0.2, 0.25) is 11.8 Å². The molecule has 0 aliphatic carbocycles. The predicted octanol–water partition coefficient (Wildman–Crippen LogP) is 2.99. The van der Waals surface area contributed by atoms with Gasteiger partial charge in [-0.3, -0.25) is 14.5 Å². The van der Waals surface area contributed by atoms with Crippen molar-refractivity contribution in [3.05, 3.63) is 35.4 Å². The van der Waals surface area contributed by atoms with E-state index in [1.807, 2.05) is 4.90 Å². The van der Waals surface area contributed by atoms with Crippen LogP contribution in [-0.2, 0) is 22.7 Å². The van der Waals surface area contributed by atoms with Crippen LogP contribution in [0, 0.1) is 5.92 Å². The fourth-order valence-corrected chi connectivity index (χ4v) is 5.99. The quantitative estimate of drug-likeness (QED) is 0.824. The highest BCUT2D eigenvalue weighted by molar-refractivity contribution is 8.01. The Morgan fingerprint density at radius 3 is 2.61 bits per heavy atom. The Labute approximate surface area is 172 Å². The number of amides is 2. The molecule has 152 valence electrons. The molecule has 0 aromatic heterocycles. The van der Waals surface area contributed by atoms with E-state index in [4.69, 9.17) is 0 Å². The lowest BCUT2D eigenvalue weighted by Gasteiger charge is -2.30. The largest absolute Gasteiger partial charge is 0.350 e. The maximum Gasteiger partial charge on any atom is 0.243 e. The maximum absolute atomic E-state index is 12.7. The van der Waals surface area contributed by atoms with Crippen molar-refractivity contribution >= 4 is 23.6 Å². The molecule has 1 aromatic rings. The van der Waals surface area contributed by atoms with Gasteiger partial charge in [-0.2, -0.15) is 0 Å². The van der Waals surface area contributed by atoms with Crippen molar-refractivity contribution in [2.75, 3.05) is 18.8 Å². The van der Waals surface area contributed by atoms with E-state index < -0.39 is 0 Å². The van der Waals surface area contributed by atoms with Crippen LogP contribution < -0.4 is 5.32 Å². The Balaban J connectivity index is 1.28. The Bertz CT molecular complexity index is 730. The standard InChI is InChI=1S/C22H31N3O2S/c1-16-8-11-24(12-9-16)14-18-5-3-17(4-6-18)13-23-21(27)19-15-28-22(2)10-7-20(26)25(19)22/h3-6,16,19H,7-15H2,1-2H3,(H,23,27)/t19-,22+/m0/s1. The van der Waals surface area contributed by atoms with Crippen LogP contribution in [0.4, 0.5) is 0 Å². The monoisotopic (exact) mass is 401 g/mol. The van der Waals surface area contributed by atoms with Crippen LogP contribution in [0.25, 0.3) is 0 Å². The number of thioether (sulfide) groups is 1. The van der Waals surface area contributed by atoms with E-state index >= 15 is 0 Å². The van der Waals surface area contributed by atoms with Gasteiger partial charge in [0, 0.05) is 25.3 Å². The van der Waals surface area contributed by atoms with Gasteiger partial charge >= 0.3 is 0 Å². The summed E-state index contributed by atoms with van der Waals surface area (Å²) in [7, 11) is 0.